The van der Waals surface area contributed by atoms with Crippen LogP contribution in [0.25, 0.3) is 11.1 Å². The van der Waals surface area contributed by atoms with Gasteiger partial charge in [0.1, 0.15) is 11.5 Å². The SMILES string of the molecule is Cc1cc(Oc2ccccc2)ccc1-c1ccc2c(c1)CCN[C@@H]2CNc1cnccc1C(=O)O. The van der Waals surface area contributed by atoms with Crippen molar-refractivity contribution in [3.63, 3.8) is 0 Å². The molecule has 6 nitrogen and oxygen atoms in total. The highest BCUT2D eigenvalue weighted by Gasteiger charge is 2.21. The minimum atomic E-state index is -0.966. The van der Waals surface area contributed by atoms with E-state index in [2.05, 4.69) is 52.9 Å². The van der Waals surface area contributed by atoms with Gasteiger partial charge >= 0.3 is 5.97 Å². The fourth-order valence-electron chi connectivity index (χ4n) is 4.58. The molecular formula is C29H27N3O3. The molecule has 0 unspecified atom stereocenters. The monoisotopic (exact) mass is 465 g/mol. The Morgan fingerprint density at radius 3 is 2.74 bits per heavy atom. The summed E-state index contributed by atoms with van der Waals surface area (Å²) in [5, 5.41) is 16.2. The molecule has 176 valence electrons. The summed E-state index contributed by atoms with van der Waals surface area (Å²) < 4.78 is 5.98. The van der Waals surface area contributed by atoms with Crippen LogP contribution in [0, 0.1) is 6.92 Å². The van der Waals surface area contributed by atoms with E-state index in [1.165, 1.54) is 34.5 Å². The lowest BCUT2D eigenvalue weighted by atomic mass is 9.89. The van der Waals surface area contributed by atoms with Crippen molar-refractivity contribution in [1.82, 2.24) is 10.3 Å². The summed E-state index contributed by atoms with van der Waals surface area (Å²) >= 11 is 0. The third kappa shape index (κ3) is 5.03. The fourth-order valence-corrected chi connectivity index (χ4v) is 4.58. The van der Waals surface area contributed by atoms with Crippen LogP contribution in [0.2, 0.25) is 0 Å². The number of benzene rings is 3. The van der Waals surface area contributed by atoms with E-state index in [1.807, 2.05) is 36.4 Å². The van der Waals surface area contributed by atoms with Crippen LogP contribution >= 0.6 is 0 Å². The van der Waals surface area contributed by atoms with Crippen molar-refractivity contribution in [1.29, 1.82) is 0 Å². The summed E-state index contributed by atoms with van der Waals surface area (Å²) in [6.07, 6.45) is 4.00. The lowest BCUT2D eigenvalue weighted by molar-refractivity contribution is 0.0697. The van der Waals surface area contributed by atoms with Crippen LogP contribution in [0.4, 0.5) is 5.69 Å². The Labute approximate surface area is 204 Å². The van der Waals surface area contributed by atoms with Gasteiger partial charge in [-0.3, -0.25) is 4.98 Å². The van der Waals surface area contributed by atoms with E-state index in [1.54, 1.807) is 6.20 Å². The molecule has 0 amide bonds. The molecule has 0 spiro atoms. The molecule has 35 heavy (non-hydrogen) atoms. The number of para-hydroxylation sites is 1. The average molecular weight is 466 g/mol. The van der Waals surface area contributed by atoms with Gasteiger partial charge in [-0.15, -0.1) is 0 Å². The second kappa shape index (κ2) is 9.99. The van der Waals surface area contributed by atoms with Crippen molar-refractivity contribution in [2.24, 2.45) is 0 Å². The van der Waals surface area contributed by atoms with Crippen molar-refractivity contribution in [3.8, 4) is 22.6 Å². The molecule has 0 bridgehead atoms. The molecule has 1 aromatic heterocycles. The highest BCUT2D eigenvalue weighted by Crippen LogP contribution is 2.33. The van der Waals surface area contributed by atoms with Gasteiger partial charge in [0.25, 0.3) is 0 Å². The molecule has 0 aliphatic carbocycles. The van der Waals surface area contributed by atoms with Crippen molar-refractivity contribution < 1.29 is 14.6 Å². The molecule has 1 aliphatic heterocycles. The lowest BCUT2D eigenvalue weighted by Gasteiger charge is -2.28. The standard InChI is InChI=1S/C29H27N3O3/c1-19-15-23(35-22-5-3-2-4-6-22)8-10-24(19)20-7-9-25-21(16-20)11-14-31-28(25)18-32-27-17-30-13-12-26(27)29(33)34/h2-10,12-13,15-17,28,31-32H,11,14,18H2,1H3,(H,33,34)/t28-/m1/s1. The van der Waals surface area contributed by atoms with Gasteiger partial charge in [-0.05, 0) is 78.0 Å². The number of anilines is 1. The quantitative estimate of drug-likeness (QED) is 0.318. The van der Waals surface area contributed by atoms with Gasteiger partial charge in [0, 0.05) is 18.8 Å². The molecule has 0 saturated heterocycles. The fraction of sp³-hybridized carbons (Fsp3) is 0.172. The van der Waals surface area contributed by atoms with Crippen LogP contribution in [0.15, 0.2) is 85.2 Å². The molecule has 0 fully saturated rings. The van der Waals surface area contributed by atoms with E-state index in [0.29, 0.717) is 12.2 Å². The van der Waals surface area contributed by atoms with Gasteiger partial charge in [-0.25, -0.2) is 4.79 Å². The van der Waals surface area contributed by atoms with E-state index in [-0.39, 0.29) is 11.6 Å². The molecule has 4 aromatic rings. The number of pyridine rings is 1. The summed E-state index contributed by atoms with van der Waals surface area (Å²) in [7, 11) is 0. The topological polar surface area (TPSA) is 83.5 Å². The van der Waals surface area contributed by atoms with Crippen LogP contribution in [0.5, 0.6) is 11.5 Å². The summed E-state index contributed by atoms with van der Waals surface area (Å²) in [6, 6.07) is 24.2. The number of carbonyl (C=O) groups is 1. The molecule has 0 saturated carbocycles. The number of rotatable bonds is 7. The number of hydrogen-bond acceptors (Lipinski definition) is 5. The van der Waals surface area contributed by atoms with E-state index in [0.717, 1.165) is 30.0 Å². The predicted octanol–water partition coefficient (Wildman–Crippen LogP) is 5.85. The molecule has 1 aliphatic rings. The van der Waals surface area contributed by atoms with E-state index in [4.69, 9.17) is 4.74 Å². The van der Waals surface area contributed by atoms with Crippen molar-refractivity contribution >= 4 is 11.7 Å². The van der Waals surface area contributed by atoms with E-state index in [9.17, 15) is 9.90 Å². The van der Waals surface area contributed by atoms with Crippen LogP contribution < -0.4 is 15.4 Å². The third-order valence-electron chi connectivity index (χ3n) is 6.34. The number of nitrogens with zero attached hydrogens (tertiary/aromatic N) is 1. The van der Waals surface area contributed by atoms with Gasteiger partial charge in [-0.1, -0.05) is 42.5 Å². The maximum absolute atomic E-state index is 11.5. The number of nitrogens with one attached hydrogen (secondary N) is 2. The summed E-state index contributed by atoms with van der Waals surface area (Å²) in [5.74, 6) is 0.677. The molecule has 3 N–H and O–H groups in total. The number of aryl methyl sites for hydroxylation is 1. The van der Waals surface area contributed by atoms with Crippen LogP contribution in [-0.4, -0.2) is 29.1 Å². The van der Waals surface area contributed by atoms with Gasteiger partial charge in [0.15, 0.2) is 0 Å². The second-order valence-corrected chi connectivity index (χ2v) is 8.67. The Morgan fingerprint density at radius 1 is 1.09 bits per heavy atom. The van der Waals surface area contributed by atoms with Crippen LogP contribution in [0.1, 0.15) is 33.1 Å². The van der Waals surface area contributed by atoms with Gasteiger partial charge in [-0.2, -0.15) is 0 Å². The Kier molecular flexibility index (Phi) is 6.46. The first-order valence-corrected chi connectivity index (χ1v) is 11.7. The van der Waals surface area contributed by atoms with Crippen molar-refractivity contribution in [3.05, 3.63) is 107 Å². The summed E-state index contributed by atoms with van der Waals surface area (Å²) in [6.45, 7) is 3.54. The minimum absolute atomic E-state index is 0.0809. The molecule has 2 heterocycles. The van der Waals surface area contributed by atoms with Crippen LogP contribution in [-0.2, 0) is 6.42 Å². The maximum Gasteiger partial charge on any atom is 0.337 e. The summed E-state index contributed by atoms with van der Waals surface area (Å²) in [5.41, 5.74) is 6.81. The zero-order valence-corrected chi connectivity index (χ0v) is 19.5. The molecule has 3 aromatic carbocycles. The van der Waals surface area contributed by atoms with E-state index < -0.39 is 5.97 Å². The van der Waals surface area contributed by atoms with Gasteiger partial charge in [0.2, 0.25) is 0 Å². The first-order valence-electron chi connectivity index (χ1n) is 11.7. The number of aromatic carboxylic acids is 1. The maximum atomic E-state index is 11.5. The number of ether oxygens (including phenoxy) is 1. The number of hydrogen-bond donors (Lipinski definition) is 3. The Hall–Kier alpha value is -4.16. The smallest absolute Gasteiger partial charge is 0.337 e. The van der Waals surface area contributed by atoms with Crippen molar-refractivity contribution in [2.75, 3.05) is 18.4 Å². The first kappa shape index (κ1) is 22.6. The Morgan fingerprint density at radius 2 is 1.94 bits per heavy atom. The van der Waals surface area contributed by atoms with Crippen molar-refractivity contribution in [2.45, 2.75) is 19.4 Å². The normalized spacial score (nSPS) is 14.7. The van der Waals surface area contributed by atoms with E-state index >= 15 is 0 Å². The second-order valence-electron chi connectivity index (χ2n) is 8.67. The Bertz CT molecular complexity index is 1350. The third-order valence-corrected chi connectivity index (χ3v) is 6.34. The zero-order chi connectivity index (χ0) is 24.2. The molecule has 6 heteroatoms. The summed E-state index contributed by atoms with van der Waals surface area (Å²) in [4.78, 5) is 15.6. The van der Waals surface area contributed by atoms with Crippen LogP contribution in [0.3, 0.4) is 0 Å². The molecule has 0 radical (unpaired) electrons. The molecule has 5 rings (SSSR count). The Balaban J connectivity index is 1.34. The van der Waals surface area contributed by atoms with Gasteiger partial charge in [0.05, 0.1) is 17.4 Å². The highest BCUT2D eigenvalue weighted by molar-refractivity contribution is 5.93. The number of carboxylic acid groups (broad SMARTS) is 1. The largest absolute Gasteiger partial charge is 0.478 e. The first-order chi connectivity index (χ1) is 17.1. The average Bonchev–Trinajstić information content (AvgIpc) is 2.88. The lowest BCUT2D eigenvalue weighted by Crippen LogP contribution is -2.34. The molecular weight excluding hydrogens is 438 g/mol. The number of carboxylic acids is 1. The number of fused-ring (bicyclic) bond motifs is 1. The number of aromatic nitrogens is 1. The highest BCUT2D eigenvalue weighted by atomic mass is 16.5. The van der Waals surface area contributed by atoms with Gasteiger partial charge < -0.3 is 20.5 Å². The molecule has 1 atom stereocenters. The predicted molar refractivity (Wildman–Crippen MR) is 137 cm³/mol. The minimum Gasteiger partial charge on any atom is -0.478 e. The zero-order valence-electron chi connectivity index (χ0n) is 19.5.